The molecule has 25 heavy (non-hydrogen) atoms. The van der Waals surface area contributed by atoms with Crippen molar-refractivity contribution in [2.45, 2.75) is 20.4 Å². The van der Waals surface area contributed by atoms with E-state index in [9.17, 15) is 20.0 Å². The Morgan fingerprint density at radius 1 is 1.40 bits per heavy atom. The van der Waals surface area contributed by atoms with E-state index in [0.717, 1.165) is 10.1 Å². The van der Waals surface area contributed by atoms with E-state index < -0.39 is 17.2 Å². The number of Topliss-reactive ketones (excluding diaryl/α,β-unsaturated/α-hetero) is 1. The number of aromatic nitrogens is 1. The number of hydrogen-bond acceptors (Lipinski definition) is 5. The number of ether oxygens (including phenoxy) is 1. The molecule has 0 bridgehead atoms. The maximum absolute atomic E-state index is 12.6. The Labute approximate surface area is 145 Å². The lowest BCUT2D eigenvalue weighted by atomic mass is 10.0. The second-order valence-electron chi connectivity index (χ2n) is 5.49. The number of allylic oxidation sites excluding steroid dienone is 1. The van der Waals surface area contributed by atoms with E-state index in [-0.39, 0.29) is 29.8 Å². The maximum Gasteiger partial charge on any atom is 0.271 e. The Morgan fingerprint density at radius 2 is 2.08 bits per heavy atom. The minimum atomic E-state index is -0.659. The van der Waals surface area contributed by atoms with Crippen LogP contribution in [0.3, 0.4) is 0 Å². The fourth-order valence-electron chi connectivity index (χ4n) is 2.52. The van der Waals surface area contributed by atoms with E-state index in [0.29, 0.717) is 5.75 Å². The van der Waals surface area contributed by atoms with Gasteiger partial charge in [0.25, 0.3) is 5.56 Å². The van der Waals surface area contributed by atoms with Crippen LogP contribution in [0.25, 0.3) is 0 Å². The Hall–Kier alpha value is -3.33. The van der Waals surface area contributed by atoms with Crippen molar-refractivity contribution in [1.82, 2.24) is 4.57 Å². The van der Waals surface area contributed by atoms with Crippen molar-refractivity contribution in [3.63, 3.8) is 0 Å². The molecule has 0 saturated carbocycles. The summed E-state index contributed by atoms with van der Waals surface area (Å²) in [5, 5.41) is 19.6. The van der Waals surface area contributed by atoms with Crippen LogP contribution in [0.2, 0.25) is 0 Å². The number of benzene rings is 1. The molecular weight excluding hydrogens is 320 g/mol. The van der Waals surface area contributed by atoms with Crippen molar-refractivity contribution in [3.8, 4) is 17.7 Å². The van der Waals surface area contributed by atoms with Crippen molar-refractivity contribution < 1.29 is 14.6 Å². The van der Waals surface area contributed by atoms with E-state index in [1.54, 1.807) is 18.2 Å². The molecule has 0 aliphatic heterocycles. The van der Waals surface area contributed by atoms with Crippen LogP contribution in [0.5, 0.6) is 11.6 Å². The molecule has 6 nitrogen and oxygen atoms in total. The lowest BCUT2D eigenvalue weighted by molar-refractivity contribution is 0.0916. The number of carbonyl (C=O) groups excluding carboxylic acids is 1. The molecule has 0 spiro atoms. The molecule has 2 rings (SSSR count). The van der Waals surface area contributed by atoms with Crippen LogP contribution in [-0.2, 0) is 6.54 Å². The van der Waals surface area contributed by atoms with E-state index in [2.05, 4.69) is 6.58 Å². The van der Waals surface area contributed by atoms with Crippen LogP contribution in [0.1, 0.15) is 27.0 Å². The van der Waals surface area contributed by atoms with Gasteiger partial charge in [-0.2, -0.15) is 5.26 Å². The molecular formula is C19H18N2O4. The fraction of sp³-hybridized carbons (Fsp3) is 0.211. The molecule has 0 radical (unpaired) electrons. The zero-order valence-corrected chi connectivity index (χ0v) is 14.1. The molecule has 6 heteroatoms. The Morgan fingerprint density at radius 3 is 2.68 bits per heavy atom. The van der Waals surface area contributed by atoms with Crippen LogP contribution >= 0.6 is 0 Å². The SMILES string of the molecule is C=CCn1c(O)c(C(=O)COc2ccccc2C)c(C)c(C#N)c1=O. The highest BCUT2D eigenvalue weighted by Crippen LogP contribution is 2.23. The van der Waals surface area contributed by atoms with Crippen LogP contribution in [-0.4, -0.2) is 22.1 Å². The minimum Gasteiger partial charge on any atom is -0.494 e. The summed E-state index contributed by atoms with van der Waals surface area (Å²) in [6.07, 6.45) is 1.40. The van der Waals surface area contributed by atoms with Gasteiger partial charge in [-0.25, -0.2) is 0 Å². The largest absolute Gasteiger partial charge is 0.494 e. The van der Waals surface area contributed by atoms with E-state index in [1.165, 1.54) is 13.0 Å². The Bertz CT molecular complexity index is 936. The number of hydrogen-bond donors (Lipinski definition) is 1. The van der Waals surface area contributed by atoms with Crippen LogP contribution < -0.4 is 10.3 Å². The summed E-state index contributed by atoms with van der Waals surface area (Å²) < 4.78 is 6.46. The van der Waals surface area contributed by atoms with Gasteiger partial charge in [-0.15, -0.1) is 6.58 Å². The van der Waals surface area contributed by atoms with Gasteiger partial charge in [0.15, 0.2) is 6.61 Å². The predicted octanol–water partition coefficient (Wildman–Crippen LogP) is 2.49. The van der Waals surface area contributed by atoms with Gasteiger partial charge in [0.1, 0.15) is 17.4 Å². The Balaban J connectivity index is 2.44. The second kappa shape index (κ2) is 7.49. The number of para-hydroxylation sites is 1. The number of nitriles is 1. The smallest absolute Gasteiger partial charge is 0.271 e. The molecule has 0 aliphatic rings. The van der Waals surface area contributed by atoms with Crippen molar-refractivity contribution in [2.75, 3.05) is 6.61 Å². The molecule has 1 aromatic carbocycles. The fourth-order valence-corrected chi connectivity index (χ4v) is 2.52. The molecule has 0 saturated heterocycles. The third-order valence-corrected chi connectivity index (χ3v) is 3.84. The average Bonchev–Trinajstić information content (AvgIpc) is 2.58. The van der Waals surface area contributed by atoms with Gasteiger partial charge in [-0.05, 0) is 31.0 Å². The summed E-state index contributed by atoms with van der Waals surface area (Å²) in [6.45, 7) is 6.48. The number of aryl methyl sites for hydroxylation is 1. The zero-order chi connectivity index (χ0) is 18.6. The number of rotatable bonds is 6. The van der Waals surface area contributed by atoms with Crippen molar-refractivity contribution >= 4 is 5.78 Å². The first kappa shape index (κ1) is 18.0. The molecule has 0 unspecified atom stereocenters. The van der Waals surface area contributed by atoms with Crippen LogP contribution in [0.4, 0.5) is 0 Å². The molecule has 0 atom stereocenters. The van der Waals surface area contributed by atoms with E-state index in [1.807, 2.05) is 19.1 Å². The summed E-state index contributed by atoms with van der Waals surface area (Å²) in [5.74, 6) is -0.458. The highest BCUT2D eigenvalue weighted by molar-refractivity contribution is 6.01. The summed E-state index contributed by atoms with van der Waals surface area (Å²) >= 11 is 0. The number of nitrogens with zero attached hydrogens (tertiary/aromatic N) is 2. The zero-order valence-electron chi connectivity index (χ0n) is 14.1. The summed E-state index contributed by atoms with van der Waals surface area (Å²) in [5.41, 5.74) is 0.0773. The van der Waals surface area contributed by atoms with Gasteiger partial charge < -0.3 is 9.84 Å². The van der Waals surface area contributed by atoms with Crippen molar-refractivity contribution in [1.29, 1.82) is 5.26 Å². The van der Waals surface area contributed by atoms with Gasteiger partial charge in [0.05, 0.1) is 5.56 Å². The van der Waals surface area contributed by atoms with Gasteiger partial charge in [0.2, 0.25) is 11.7 Å². The number of ketones is 1. The molecule has 1 aromatic heterocycles. The van der Waals surface area contributed by atoms with Gasteiger partial charge in [-0.3, -0.25) is 14.2 Å². The second-order valence-corrected chi connectivity index (χ2v) is 5.49. The minimum absolute atomic E-state index is 0.0153. The van der Waals surface area contributed by atoms with Crippen molar-refractivity contribution in [2.24, 2.45) is 0 Å². The molecule has 1 N–H and O–H groups in total. The molecule has 0 fully saturated rings. The summed E-state index contributed by atoms with van der Waals surface area (Å²) in [4.78, 5) is 24.8. The van der Waals surface area contributed by atoms with Crippen LogP contribution in [0, 0.1) is 25.2 Å². The quantitative estimate of drug-likeness (QED) is 0.645. The number of carbonyl (C=O) groups is 1. The maximum atomic E-state index is 12.6. The predicted molar refractivity (Wildman–Crippen MR) is 93.0 cm³/mol. The van der Waals surface area contributed by atoms with Gasteiger partial charge in [-0.1, -0.05) is 24.3 Å². The lowest BCUT2D eigenvalue weighted by Crippen LogP contribution is -2.27. The highest BCUT2D eigenvalue weighted by atomic mass is 16.5. The molecule has 0 amide bonds. The molecule has 2 aromatic rings. The first-order chi connectivity index (χ1) is 11.9. The number of pyridine rings is 1. The molecule has 128 valence electrons. The molecule has 0 aliphatic carbocycles. The highest BCUT2D eigenvalue weighted by Gasteiger charge is 2.23. The summed E-state index contributed by atoms with van der Waals surface area (Å²) in [6, 6.07) is 9.01. The average molecular weight is 338 g/mol. The lowest BCUT2D eigenvalue weighted by Gasteiger charge is -2.15. The summed E-state index contributed by atoms with van der Waals surface area (Å²) in [7, 11) is 0. The van der Waals surface area contributed by atoms with Gasteiger partial charge >= 0.3 is 0 Å². The third-order valence-electron chi connectivity index (χ3n) is 3.84. The van der Waals surface area contributed by atoms with Crippen LogP contribution in [0.15, 0.2) is 41.7 Å². The normalized spacial score (nSPS) is 10.1. The third kappa shape index (κ3) is 3.45. The van der Waals surface area contributed by atoms with Crippen molar-refractivity contribution in [3.05, 3.63) is 69.5 Å². The topological polar surface area (TPSA) is 92.3 Å². The van der Waals surface area contributed by atoms with E-state index in [4.69, 9.17) is 4.74 Å². The Kier molecular flexibility index (Phi) is 5.40. The van der Waals surface area contributed by atoms with Gasteiger partial charge in [0, 0.05) is 6.54 Å². The monoisotopic (exact) mass is 338 g/mol. The molecule has 1 heterocycles. The van der Waals surface area contributed by atoms with E-state index >= 15 is 0 Å². The first-order valence-corrected chi connectivity index (χ1v) is 7.61. The first-order valence-electron chi connectivity index (χ1n) is 7.61. The standard InChI is InChI=1S/C19H18N2O4/c1-4-9-21-18(23)14(10-20)13(3)17(19(21)24)15(22)11-25-16-8-6-5-7-12(16)2/h4-8,24H,1,9,11H2,2-3H3. The number of aromatic hydroxyl groups is 1.